The predicted octanol–water partition coefficient (Wildman–Crippen LogP) is 2.53. The molecule has 1 aromatic carbocycles. The molecule has 6 heteroatoms. The summed E-state index contributed by atoms with van der Waals surface area (Å²) in [6.45, 7) is 0. The van der Waals surface area contributed by atoms with E-state index in [0.29, 0.717) is 6.42 Å². The SMILES string of the molecule is CSCC[C@@H](N)C(=O)Nc1cc(Br)ccc1N(C)C. The summed E-state index contributed by atoms with van der Waals surface area (Å²) in [5.41, 5.74) is 7.58. The van der Waals surface area contributed by atoms with Crippen LogP contribution in [0.2, 0.25) is 0 Å². The Balaban J connectivity index is 2.80. The highest BCUT2D eigenvalue weighted by Gasteiger charge is 2.15. The fraction of sp³-hybridized carbons (Fsp3) is 0.462. The first-order chi connectivity index (χ1) is 8.95. The van der Waals surface area contributed by atoms with Gasteiger partial charge in [-0.3, -0.25) is 4.79 Å². The molecular formula is C13H20BrN3OS. The number of benzene rings is 1. The number of halogens is 1. The second-order valence-corrected chi connectivity index (χ2v) is 6.33. The van der Waals surface area contributed by atoms with E-state index in [0.717, 1.165) is 21.6 Å². The molecule has 1 rings (SSSR count). The normalized spacial score (nSPS) is 12.1. The highest BCUT2D eigenvalue weighted by molar-refractivity contribution is 9.10. The molecule has 0 bridgehead atoms. The zero-order valence-electron chi connectivity index (χ0n) is 11.4. The first kappa shape index (κ1) is 16.3. The van der Waals surface area contributed by atoms with Gasteiger partial charge in [-0.2, -0.15) is 11.8 Å². The van der Waals surface area contributed by atoms with Crippen molar-refractivity contribution >= 4 is 45.0 Å². The predicted molar refractivity (Wildman–Crippen MR) is 88.1 cm³/mol. The van der Waals surface area contributed by atoms with E-state index in [-0.39, 0.29) is 5.91 Å². The number of hydrogen-bond acceptors (Lipinski definition) is 4. The van der Waals surface area contributed by atoms with E-state index < -0.39 is 6.04 Å². The van der Waals surface area contributed by atoms with E-state index >= 15 is 0 Å². The Morgan fingerprint density at radius 2 is 2.21 bits per heavy atom. The zero-order valence-corrected chi connectivity index (χ0v) is 13.8. The van der Waals surface area contributed by atoms with Crippen LogP contribution in [0.5, 0.6) is 0 Å². The first-order valence-electron chi connectivity index (χ1n) is 5.98. The van der Waals surface area contributed by atoms with Gasteiger partial charge in [0, 0.05) is 18.6 Å². The molecule has 0 aliphatic carbocycles. The van der Waals surface area contributed by atoms with Gasteiger partial charge in [0.05, 0.1) is 17.4 Å². The molecule has 19 heavy (non-hydrogen) atoms. The third-order valence-corrected chi connectivity index (χ3v) is 3.81. The topological polar surface area (TPSA) is 58.4 Å². The Morgan fingerprint density at radius 1 is 1.53 bits per heavy atom. The Kier molecular flexibility index (Phi) is 6.68. The third kappa shape index (κ3) is 5.04. The van der Waals surface area contributed by atoms with Crippen LogP contribution >= 0.6 is 27.7 Å². The van der Waals surface area contributed by atoms with Crippen molar-refractivity contribution in [3.05, 3.63) is 22.7 Å². The van der Waals surface area contributed by atoms with Crippen LogP contribution in [0.15, 0.2) is 22.7 Å². The number of carbonyl (C=O) groups excluding carboxylic acids is 1. The highest BCUT2D eigenvalue weighted by atomic mass is 79.9. The van der Waals surface area contributed by atoms with Gasteiger partial charge in [-0.25, -0.2) is 0 Å². The van der Waals surface area contributed by atoms with Crippen molar-refractivity contribution in [3.8, 4) is 0 Å². The van der Waals surface area contributed by atoms with Gasteiger partial charge < -0.3 is 16.0 Å². The van der Waals surface area contributed by atoms with E-state index in [9.17, 15) is 4.79 Å². The molecule has 0 unspecified atom stereocenters. The fourth-order valence-corrected chi connectivity index (χ4v) is 2.45. The molecular weight excluding hydrogens is 326 g/mol. The van der Waals surface area contributed by atoms with Crippen LogP contribution < -0.4 is 16.0 Å². The van der Waals surface area contributed by atoms with Crippen LogP contribution in [0.3, 0.4) is 0 Å². The van der Waals surface area contributed by atoms with Crippen molar-refractivity contribution < 1.29 is 4.79 Å². The molecule has 0 aromatic heterocycles. The second kappa shape index (κ2) is 7.77. The lowest BCUT2D eigenvalue weighted by molar-refractivity contribution is -0.117. The average molecular weight is 346 g/mol. The smallest absolute Gasteiger partial charge is 0.241 e. The fourth-order valence-electron chi connectivity index (χ4n) is 1.60. The Morgan fingerprint density at radius 3 is 2.79 bits per heavy atom. The number of thioether (sulfide) groups is 1. The van der Waals surface area contributed by atoms with E-state index in [1.807, 2.05) is 43.5 Å². The average Bonchev–Trinajstić information content (AvgIpc) is 2.35. The molecule has 1 aromatic rings. The summed E-state index contributed by atoms with van der Waals surface area (Å²) >= 11 is 5.10. The third-order valence-electron chi connectivity index (χ3n) is 2.67. The molecule has 1 atom stereocenters. The van der Waals surface area contributed by atoms with Crippen molar-refractivity contribution in [2.75, 3.05) is 36.3 Å². The summed E-state index contributed by atoms with van der Waals surface area (Å²) in [7, 11) is 3.87. The van der Waals surface area contributed by atoms with E-state index in [1.165, 1.54) is 0 Å². The molecule has 0 fully saturated rings. The number of anilines is 2. The molecule has 3 N–H and O–H groups in total. The van der Waals surface area contributed by atoms with Crippen LogP contribution in [0, 0.1) is 0 Å². The number of amides is 1. The van der Waals surface area contributed by atoms with Crippen LogP contribution in [-0.4, -0.2) is 38.1 Å². The Hall–Kier alpha value is -0.720. The van der Waals surface area contributed by atoms with E-state index in [4.69, 9.17) is 5.73 Å². The van der Waals surface area contributed by atoms with Crippen molar-refractivity contribution in [1.82, 2.24) is 0 Å². The van der Waals surface area contributed by atoms with Gasteiger partial charge in [-0.05, 0) is 36.6 Å². The van der Waals surface area contributed by atoms with Gasteiger partial charge in [-0.1, -0.05) is 15.9 Å². The summed E-state index contributed by atoms with van der Waals surface area (Å²) < 4.78 is 0.922. The lowest BCUT2D eigenvalue weighted by Gasteiger charge is -2.19. The molecule has 4 nitrogen and oxygen atoms in total. The monoisotopic (exact) mass is 345 g/mol. The van der Waals surface area contributed by atoms with Crippen LogP contribution in [0.25, 0.3) is 0 Å². The maximum absolute atomic E-state index is 12.0. The molecule has 0 radical (unpaired) electrons. The van der Waals surface area contributed by atoms with Crippen LogP contribution in [0.1, 0.15) is 6.42 Å². The lowest BCUT2D eigenvalue weighted by Crippen LogP contribution is -2.36. The van der Waals surface area contributed by atoms with Gasteiger partial charge in [0.1, 0.15) is 0 Å². The summed E-state index contributed by atoms with van der Waals surface area (Å²) in [4.78, 5) is 14.0. The molecule has 0 aliphatic heterocycles. The molecule has 0 heterocycles. The lowest BCUT2D eigenvalue weighted by atomic mass is 10.2. The van der Waals surface area contributed by atoms with Gasteiger partial charge in [0.2, 0.25) is 5.91 Å². The highest BCUT2D eigenvalue weighted by Crippen LogP contribution is 2.28. The first-order valence-corrected chi connectivity index (χ1v) is 8.16. The minimum atomic E-state index is -0.471. The summed E-state index contributed by atoms with van der Waals surface area (Å²) in [5, 5.41) is 2.90. The van der Waals surface area contributed by atoms with E-state index in [2.05, 4.69) is 21.2 Å². The summed E-state index contributed by atoms with van der Waals surface area (Å²) in [6.07, 6.45) is 2.68. The number of hydrogen-bond donors (Lipinski definition) is 2. The second-order valence-electron chi connectivity index (χ2n) is 4.43. The number of nitrogens with two attached hydrogens (primary N) is 1. The number of nitrogens with one attached hydrogen (secondary N) is 1. The molecule has 1 amide bonds. The molecule has 0 saturated carbocycles. The molecule has 0 spiro atoms. The summed E-state index contributed by atoms with van der Waals surface area (Å²) in [5.74, 6) is 0.739. The maximum Gasteiger partial charge on any atom is 0.241 e. The van der Waals surface area contributed by atoms with Gasteiger partial charge in [-0.15, -0.1) is 0 Å². The van der Waals surface area contributed by atoms with Crippen molar-refractivity contribution in [3.63, 3.8) is 0 Å². The standard InChI is InChI=1S/C13H20BrN3OS/c1-17(2)12-5-4-9(14)8-11(12)16-13(18)10(15)6-7-19-3/h4-5,8,10H,6-7,15H2,1-3H3,(H,16,18)/t10-/m1/s1. The molecule has 106 valence electrons. The quantitative estimate of drug-likeness (QED) is 0.831. The van der Waals surface area contributed by atoms with Crippen molar-refractivity contribution in [1.29, 1.82) is 0 Å². The van der Waals surface area contributed by atoms with E-state index in [1.54, 1.807) is 11.8 Å². The minimum absolute atomic E-state index is 0.143. The van der Waals surface area contributed by atoms with Crippen LogP contribution in [-0.2, 0) is 4.79 Å². The molecule has 0 aliphatic rings. The Labute approximate surface area is 127 Å². The molecule has 0 saturated heterocycles. The zero-order chi connectivity index (χ0) is 14.4. The largest absolute Gasteiger partial charge is 0.376 e. The number of rotatable bonds is 6. The van der Waals surface area contributed by atoms with Gasteiger partial charge >= 0.3 is 0 Å². The number of nitrogens with zero attached hydrogens (tertiary/aromatic N) is 1. The minimum Gasteiger partial charge on any atom is -0.376 e. The van der Waals surface area contributed by atoms with Gasteiger partial charge in [0.15, 0.2) is 0 Å². The summed E-state index contributed by atoms with van der Waals surface area (Å²) in [6, 6.07) is 5.31. The number of carbonyl (C=O) groups is 1. The van der Waals surface area contributed by atoms with Crippen molar-refractivity contribution in [2.45, 2.75) is 12.5 Å². The van der Waals surface area contributed by atoms with Crippen molar-refractivity contribution in [2.24, 2.45) is 5.73 Å². The van der Waals surface area contributed by atoms with Gasteiger partial charge in [0.25, 0.3) is 0 Å². The van der Waals surface area contributed by atoms with Crippen LogP contribution in [0.4, 0.5) is 11.4 Å². The Bertz CT molecular complexity index is 440. The maximum atomic E-state index is 12.0.